The monoisotopic (exact) mass is 648 g/mol. The Balaban J connectivity index is 1.45. The highest BCUT2D eigenvalue weighted by Gasteiger charge is 2.33. The number of thioether (sulfide) groups is 1. The lowest BCUT2D eigenvalue weighted by molar-refractivity contribution is -0.122. The van der Waals surface area contributed by atoms with Crippen LogP contribution in [-0.4, -0.2) is 31.5 Å². The van der Waals surface area contributed by atoms with Crippen molar-refractivity contribution < 1.29 is 22.1 Å². The van der Waals surface area contributed by atoms with E-state index in [-0.39, 0.29) is 22.3 Å². The van der Waals surface area contributed by atoms with Crippen LogP contribution in [-0.2, 0) is 28.0 Å². The lowest BCUT2D eigenvalue weighted by atomic mass is 10.1. The van der Waals surface area contributed by atoms with Crippen molar-refractivity contribution in [1.29, 1.82) is 0 Å². The first-order valence-corrected chi connectivity index (χ1v) is 15.6. The van der Waals surface area contributed by atoms with Gasteiger partial charge in [-0.05, 0) is 74.7 Å². The summed E-state index contributed by atoms with van der Waals surface area (Å²) in [4.78, 5) is 20.5. The van der Waals surface area contributed by atoms with Gasteiger partial charge in [0.15, 0.2) is 16.7 Å². The van der Waals surface area contributed by atoms with Crippen LogP contribution in [0.5, 0.6) is 11.5 Å². The van der Waals surface area contributed by atoms with Crippen molar-refractivity contribution in [1.82, 2.24) is 4.90 Å². The van der Waals surface area contributed by atoms with Gasteiger partial charge in [0.25, 0.3) is 5.91 Å². The molecule has 10 heteroatoms. The molecular weight excluding hydrogens is 624 g/mol. The van der Waals surface area contributed by atoms with Crippen molar-refractivity contribution in [2.24, 2.45) is 4.99 Å². The van der Waals surface area contributed by atoms with E-state index in [1.54, 1.807) is 41.3 Å². The van der Waals surface area contributed by atoms with Crippen molar-refractivity contribution >= 4 is 55.0 Å². The summed E-state index contributed by atoms with van der Waals surface area (Å²) in [5, 5.41) is 0.605. The molecule has 0 saturated carbocycles. The maximum atomic E-state index is 13.6. The van der Waals surface area contributed by atoms with E-state index in [1.807, 2.05) is 60.7 Å². The number of amidine groups is 1. The van der Waals surface area contributed by atoms with E-state index < -0.39 is 10.1 Å². The SMILES string of the molecule is COc1cc(/C=C2/SC(=NCc3ccccc3)N(Cc3ccccc3)C2=O)cc(Br)c1OS(=O)(=O)c1ccccc1. The number of methoxy groups -OCH3 is 1. The fourth-order valence-corrected chi connectivity index (χ4v) is 6.68. The minimum absolute atomic E-state index is 0.0136. The molecule has 0 radical (unpaired) electrons. The van der Waals surface area contributed by atoms with Gasteiger partial charge in [-0.3, -0.25) is 14.7 Å². The lowest BCUT2D eigenvalue weighted by Crippen LogP contribution is -2.28. The van der Waals surface area contributed by atoms with Gasteiger partial charge in [0.2, 0.25) is 0 Å². The zero-order valence-electron chi connectivity index (χ0n) is 21.9. The fourth-order valence-electron chi connectivity index (χ4n) is 4.07. The Morgan fingerprint density at radius 3 is 2.15 bits per heavy atom. The number of carbonyl (C=O) groups excluding carboxylic acids is 1. The molecule has 1 saturated heterocycles. The number of nitrogens with zero attached hydrogens (tertiary/aromatic N) is 2. The van der Waals surface area contributed by atoms with Crippen LogP contribution in [0, 0.1) is 0 Å². The van der Waals surface area contributed by atoms with E-state index in [9.17, 15) is 13.2 Å². The van der Waals surface area contributed by atoms with Gasteiger partial charge < -0.3 is 8.92 Å². The largest absolute Gasteiger partial charge is 0.493 e. The molecule has 1 amide bonds. The first kappa shape index (κ1) is 28.7. The van der Waals surface area contributed by atoms with Crippen molar-refractivity contribution in [3.05, 3.63) is 129 Å². The molecule has 0 aliphatic carbocycles. The second-order valence-corrected chi connectivity index (χ2v) is 12.4. The Labute approximate surface area is 251 Å². The first-order chi connectivity index (χ1) is 19.8. The van der Waals surface area contributed by atoms with Crippen LogP contribution in [0.2, 0.25) is 0 Å². The lowest BCUT2D eigenvalue weighted by Gasteiger charge is -2.16. The van der Waals surface area contributed by atoms with Crippen LogP contribution in [0.3, 0.4) is 0 Å². The van der Waals surface area contributed by atoms with Crippen LogP contribution in [0.4, 0.5) is 0 Å². The van der Waals surface area contributed by atoms with E-state index in [0.29, 0.717) is 33.2 Å². The molecule has 0 atom stereocenters. The smallest absolute Gasteiger partial charge is 0.339 e. The van der Waals surface area contributed by atoms with Crippen LogP contribution >= 0.6 is 27.7 Å². The molecule has 0 unspecified atom stereocenters. The molecule has 0 bridgehead atoms. The molecule has 1 fully saturated rings. The first-order valence-electron chi connectivity index (χ1n) is 12.5. The zero-order valence-corrected chi connectivity index (χ0v) is 25.2. The number of halogens is 1. The van der Waals surface area contributed by atoms with Gasteiger partial charge in [-0.2, -0.15) is 8.42 Å². The Kier molecular flexibility index (Phi) is 8.92. The summed E-state index contributed by atoms with van der Waals surface area (Å²) >= 11 is 4.72. The third-order valence-electron chi connectivity index (χ3n) is 6.09. The van der Waals surface area contributed by atoms with Gasteiger partial charge in [-0.1, -0.05) is 78.9 Å². The average molecular weight is 650 g/mol. The van der Waals surface area contributed by atoms with Crippen molar-refractivity contribution in [3.8, 4) is 11.5 Å². The van der Waals surface area contributed by atoms with Crippen LogP contribution < -0.4 is 8.92 Å². The highest BCUT2D eigenvalue weighted by Crippen LogP contribution is 2.40. The van der Waals surface area contributed by atoms with Crippen LogP contribution in [0.15, 0.2) is 122 Å². The minimum Gasteiger partial charge on any atom is -0.493 e. The quantitative estimate of drug-likeness (QED) is 0.145. The number of ether oxygens (including phenoxy) is 1. The summed E-state index contributed by atoms with van der Waals surface area (Å²) in [5.41, 5.74) is 2.65. The number of rotatable bonds is 9. The average Bonchev–Trinajstić information content (AvgIpc) is 3.28. The second kappa shape index (κ2) is 12.8. The molecule has 7 nitrogen and oxygen atoms in total. The van der Waals surface area contributed by atoms with Crippen molar-refractivity contribution in [3.63, 3.8) is 0 Å². The van der Waals surface area contributed by atoms with Gasteiger partial charge in [0.1, 0.15) is 4.90 Å². The zero-order chi connectivity index (χ0) is 28.8. The topological polar surface area (TPSA) is 85.3 Å². The number of hydrogen-bond donors (Lipinski definition) is 0. The summed E-state index contributed by atoms with van der Waals surface area (Å²) in [5.74, 6) is 0.0349. The maximum absolute atomic E-state index is 13.6. The molecule has 5 rings (SSSR count). The third kappa shape index (κ3) is 6.90. The second-order valence-electron chi connectivity index (χ2n) is 8.96. The van der Waals surface area contributed by atoms with E-state index in [1.165, 1.54) is 31.0 Å². The van der Waals surface area contributed by atoms with Crippen LogP contribution in [0.1, 0.15) is 16.7 Å². The molecule has 208 valence electrons. The summed E-state index contributed by atoms with van der Waals surface area (Å²) in [6.07, 6.45) is 1.73. The molecule has 1 aliphatic heterocycles. The van der Waals surface area contributed by atoms with E-state index in [2.05, 4.69) is 15.9 Å². The number of carbonyl (C=O) groups is 1. The standard InChI is InChI=1S/C31H25BrN2O5S2/c1-38-27-18-24(17-26(32)29(27)39-41(36,37)25-15-9-4-10-16-25)19-28-30(35)34(21-23-13-7-3-8-14-23)31(40-28)33-20-22-11-5-2-6-12-22/h2-19H,20-21H2,1H3/b28-19+,33-31?. The predicted octanol–water partition coefficient (Wildman–Crippen LogP) is 6.90. The highest BCUT2D eigenvalue weighted by molar-refractivity contribution is 9.10. The number of hydrogen-bond acceptors (Lipinski definition) is 7. The van der Waals surface area contributed by atoms with Gasteiger partial charge in [-0.25, -0.2) is 0 Å². The summed E-state index contributed by atoms with van der Waals surface area (Å²) < 4.78 is 36.9. The minimum atomic E-state index is -4.09. The molecule has 1 heterocycles. The molecule has 1 aliphatic rings. The summed E-state index contributed by atoms with van der Waals surface area (Å²) in [6.45, 7) is 0.824. The van der Waals surface area contributed by atoms with Crippen molar-refractivity contribution in [2.75, 3.05) is 7.11 Å². The number of amides is 1. The Morgan fingerprint density at radius 1 is 0.902 bits per heavy atom. The molecule has 0 aromatic heterocycles. The number of benzene rings is 4. The predicted molar refractivity (Wildman–Crippen MR) is 165 cm³/mol. The summed E-state index contributed by atoms with van der Waals surface area (Å²) in [6, 6.07) is 30.8. The van der Waals surface area contributed by atoms with Crippen LogP contribution in [0.25, 0.3) is 6.08 Å². The fraction of sp³-hybridized carbons (Fsp3) is 0.0968. The van der Waals surface area contributed by atoms with Crippen molar-refractivity contribution in [2.45, 2.75) is 18.0 Å². The Hall–Kier alpha value is -3.86. The van der Waals surface area contributed by atoms with E-state index in [0.717, 1.165) is 11.1 Å². The molecule has 4 aromatic rings. The van der Waals surface area contributed by atoms with E-state index in [4.69, 9.17) is 13.9 Å². The van der Waals surface area contributed by atoms with Gasteiger partial charge in [0.05, 0.1) is 29.6 Å². The van der Waals surface area contributed by atoms with E-state index >= 15 is 0 Å². The molecule has 0 N–H and O–H groups in total. The molecule has 4 aromatic carbocycles. The third-order valence-corrected chi connectivity index (χ3v) is 8.95. The van der Waals surface area contributed by atoms with Gasteiger partial charge in [-0.15, -0.1) is 0 Å². The summed E-state index contributed by atoms with van der Waals surface area (Å²) in [7, 11) is -2.67. The molecule has 0 spiro atoms. The Morgan fingerprint density at radius 2 is 1.51 bits per heavy atom. The molecular formula is C31H25BrN2O5S2. The molecule has 41 heavy (non-hydrogen) atoms. The van der Waals surface area contributed by atoms with Gasteiger partial charge >= 0.3 is 10.1 Å². The Bertz CT molecular complexity index is 1710. The normalized spacial score (nSPS) is 15.5. The highest BCUT2D eigenvalue weighted by atomic mass is 79.9. The maximum Gasteiger partial charge on any atom is 0.339 e. The van der Waals surface area contributed by atoms with Gasteiger partial charge in [0, 0.05) is 0 Å². The number of aliphatic imine (C=N–C) groups is 1.